The molecule has 4 N–H and O–H groups in total. The second-order valence-corrected chi connectivity index (χ2v) is 32.8. The van der Waals surface area contributed by atoms with E-state index in [-0.39, 0.29) is 28.4 Å². The lowest BCUT2D eigenvalue weighted by atomic mass is 9.53. The maximum atomic E-state index is 12.4. The molecule has 12 heteroatoms. The van der Waals surface area contributed by atoms with Gasteiger partial charge in [-0.3, -0.25) is 9.59 Å². The average Bonchev–Trinajstić information content (AvgIpc) is 1.01. The number of alkyl halides is 3. The van der Waals surface area contributed by atoms with Gasteiger partial charge in [0, 0.05) is 70.6 Å². The van der Waals surface area contributed by atoms with Crippen LogP contribution in [0.1, 0.15) is 201 Å². The molecule has 464 valence electrons. The third-order valence-corrected chi connectivity index (χ3v) is 25.2. The lowest BCUT2D eigenvalue weighted by Crippen LogP contribution is -2.58. The summed E-state index contributed by atoms with van der Waals surface area (Å²) in [4.78, 5) is 23.9. The van der Waals surface area contributed by atoms with E-state index in [1.807, 2.05) is 48.2 Å². The minimum absolute atomic E-state index is 0.0455. The molecule has 0 heterocycles. The van der Waals surface area contributed by atoms with Crippen LogP contribution in [0.4, 0.5) is 13.2 Å². The molecule has 86 heavy (non-hydrogen) atoms. The third-order valence-electron chi connectivity index (χ3n) is 23.7. The van der Waals surface area contributed by atoms with Crippen molar-refractivity contribution in [3.8, 4) is 5.75 Å². The number of hydrogen-bond acceptors (Lipinski definition) is 9. The van der Waals surface area contributed by atoms with Gasteiger partial charge in [0.15, 0.2) is 5.78 Å². The summed E-state index contributed by atoms with van der Waals surface area (Å²) in [6.45, 7) is 6.76. The molecule has 4 aromatic carbocycles. The predicted molar refractivity (Wildman–Crippen MR) is 342 cm³/mol. The highest BCUT2D eigenvalue weighted by Crippen LogP contribution is 2.59. The van der Waals surface area contributed by atoms with Crippen LogP contribution >= 0.6 is 23.5 Å². The molecule has 4 aromatic rings. The molecule has 7 nitrogen and oxygen atoms in total. The van der Waals surface area contributed by atoms with Crippen LogP contribution in [0.25, 0.3) is 0 Å². The fraction of sp³-hybridized carbons (Fsp3) is 0.649. The number of esters is 1. The molecule has 0 aromatic heterocycles. The van der Waals surface area contributed by atoms with Crippen molar-refractivity contribution in [2.24, 2.45) is 71.0 Å². The number of rotatable bonds is 16. The summed E-state index contributed by atoms with van der Waals surface area (Å²) in [6, 6.07) is 31.9. The van der Waals surface area contributed by atoms with Gasteiger partial charge in [-0.1, -0.05) is 60.7 Å². The molecule has 16 saturated carbocycles. The van der Waals surface area contributed by atoms with Gasteiger partial charge in [-0.05, 0) is 309 Å². The zero-order chi connectivity index (χ0) is 59.3. The van der Waals surface area contributed by atoms with Crippen LogP contribution in [0.3, 0.4) is 0 Å². The van der Waals surface area contributed by atoms with E-state index in [1.165, 1.54) is 183 Å². The standard InChI is InChI=1S/C19H25NO2.C19H25NO.C18H22F3NS.C18H25NS/c1-13(21)22-18-4-2-14(3-5-18)12-20-19-9-15-6-16(10-19)8-17(7-15)11-19;1-13(21)18-4-2-14(3-5-18)12-20-19-9-15-6-16(10-19)8-17(7-15)11-19;19-18(20,21)23-16-3-1-12(2-4-16)11-22-17-8-13-5-14(9-17)7-15(6-13)10-17;1-20-17-4-2-13(3-5-17)12-19-18-9-14-6-15(10-18)8-16(7-14)11-18/h2-5,15-17,20H,6-12H2,1H3;2-5,15-17,20H,6-12H2,1H3;1-4,13-15,22H,5-11H2;2-5,14-16,19H,6-12H2,1H3. The van der Waals surface area contributed by atoms with Crippen molar-refractivity contribution in [2.45, 2.75) is 232 Å². The number of nitrogens with one attached hydrogen (secondary N) is 4. The highest BCUT2D eigenvalue weighted by molar-refractivity contribution is 8.00. The first kappa shape index (κ1) is 61.2. The smallest absolute Gasteiger partial charge is 0.427 e. The maximum absolute atomic E-state index is 12.4. The van der Waals surface area contributed by atoms with Crippen LogP contribution in [-0.2, 0) is 31.0 Å². The van der Waals surface area contributed by atoms with Crippen molar-refractivity contribution in [1.29, 1.82) is 0 Å². The van der Waals surface area contributed by atoms with Gasteiger partial charge >= 0.3 is 11.5 Å². The molecule has 0 saturated heterocycles. The molecule has 20 rings (SSSR count). The van der Waals surface area contributed by atoms with Gasteiger partial charge < -0.3 is 26.0 Å². The van der Waals surface area contributed by atoms with E-state index in [4.69, 9.17) is 4.74 Å². The Bertz CT molecular complexity index is 2820. The van der Waals surface area contributed by atoms with Gasteiger partial charge in [-0.25, -0.2) is 0 Å². The Kier molecular flexibility index (Phi) is 18.2. The lowest BCUT2D eigenvalue weighted by Gasteiger charge is -2.57. The van der Waals surface area contributed by atoms with Gasteiger partial charge in [0.2, 0.25) is 0 Å². The fourth-order valence-electron chi connectivity index (χ4n) is 21.7. The van der Waals surface area contributed by atoms with Crippen LogP contribution in [-0.4, -0.2) is 45.7 Å². The molecule has 0 atom stereocenters. The fourth-order valence-corrected chi connectivity index (χ4v) is 22.7. The Hall–Kier alpha value is -3.65. The Labute approximate surface area is 520 Å². The van der Waals surface area contributed by atoms with E-state index in [0.29, 0.717) is 27.9 Å². The molecule has 0 amide bonds. The number of ketones is 1. The van der Waals surface area contributed by atoms with Gasteiger partial charge in [-0.2, -0.15) is 13.2 Å². The van der Waals surface area contributed by atoms with Crippen LogP contribution in [0.2, 0.25) is 0 Å². The third kappa shape index (κ3) is 15.0. The number of Topliss-reactive ketones (excluding diaryl/α,β-unsaturated/α-hetero) is 1. The maximum Gasteiger partial charge on any atom is 0.446 e. The SMILES string of the molecule is CC(=O)Oc1ccc(CNC23CC4CC(CC(C4)C2)C3)cc1.CC(=O)c1ccc(CNC23CC4CC(CC(C4)C2)C3)cc1.CSc1ccc(CNC23CC4CC(CC(C4)C2)C3)cc1.FC(F)(F)Sc1ccc(CNC23CC4CC(CC(C4)C2)C3)cc1. The summed E-state index contributed by atoms with van der Waals surface area (Å²) in [5, 5.41) is 15.6. The van der Waals surface area contributed by atoms with Gasteiger partial charge in [0.25, 0.3) is 0 Å². The average molecular weight is 1210 g/mol. The number of carbonyl (C=O) groups is 2. The number of thioether (sulfide) groups is 2. The molecule has 0 aliphatic heterocycles. The first-order valence-electron chi connectivity index (χ1n) is 33.7. The highest BCUT2D eigenvalue weighted by atomic mass is 32.2. The summed E-state index contributed by atoms with van der Waals surface area (Å²) in [7, 11) is 0. The molecule has 0 unspecified atom stereocenters. The molecule has 16 aliphatic carbocycles. The number of ether oxygens (including phenoxy) is 1. The molecule has 0 radical (unpaired) electrons. The molecule has 16 fully saturated rings. The quantitative estimate of drug-likeness (QED) is 0.0379. The molecular formula is C74H97F3N4O3S2. The molecule has 16 bridgehead atoms. The lowest BCUT2D eigenvalue weighted by molar-refractivity contribution is -0.131. The number of carbonyl (C=O) groups excluding carboxylic acids is 2. The topological polar surface area (TPSA) is 91.5 Å². The van der Waals surface area contributed by atoms with E-state index in [9.17, 15) is 22.8 Å². The van der Waals surface area contributed by atoms with E-state index in [0.717, 1.165) is 108 Å². The monoisotopic (exact) mass is 1210 g/mol. The first-order chi connectivity index (χ1) is 41.4. The molecule has 0 spiro atoms. The van der Waals surface area contributed by atoms with Crippen molar-refractivity contribution in [2.75, 3.05) is 6.26 Å². The largest absolute Gasteiger partial charge is 0.446 e. The predicted octanol–water partition coefficient (Wildman–Crippen LogP) is 17.4. The minimum atomic E-state index is -4.21. The summed E-state index contributed by atoms with van der Waals surface area (Å²) in [5.41, 5.74) is 3.32. The van der Waals surface area contributed by atoms with E-state index < -0.39 is 5.51 Å². The van der Waals surface area contributed by atoms with Gasteiger partial charge in [0.1, 0.15) is 5.75 Å². The van der Waals surface area contributed by atoms with Crippen molar-refractivity contribution in [3.05, 3.63) is 125 Å². The zero-order valence-electron chi connectivity index (χ0n) is 51.6. The van der Waals surface area contributed by atoms with Crippen molar-refractivity contribution >= 4 is 35.3 Å². The van der Waals surface area contributed by atoms with Crippen molar-refractivity contribution < 1.29 is 27.5 Å². The first-order valence-corrected chi connectivity index (χ1v) is 35.7. The van der Waals surface area contributed by atoms with Gasteiger partial charge in [-0.15, -0.1) is 11.8 Å². The van der Waals surface area contributed by atoms with Crippen molar-refractivity contribution in [1.82, 2.24) is 21.3 Å². The number of benzene rings is 4. The number of halogens is 3. The van der Waals surface area contributed by atoms with E-state index >= 15 is 0 Å². The summed E-state index contributed by atoms with van der Waals surface area (Å²) >= 11 is 1.78. The van der Waals surface area contributed by atoms with E-state index in [1.54, 1.807) is 19.1 Å². The van der Waals surface area contributed by atoms with Crippen LogP contribution in [0, 0.1) is 71.0 Å². The zero-order valence-corrected chi connectivity index (χ0v) is 53.3. The Morgan fingerprint density at radius 2 is 0.651 bits per heavy atom. The second-order valence-electron chi connectivity index (χ2n) is 30.7. The van der Waals surface area contributed by atoms with E-state index in [2.05, 4.69) is 76.1 Å². The Balaban J connectivity index is 0.000000106. The Morgan fingerprint density at radius 3 is 0.884 bits per heavy atom. The van der Waals surface area contributed by atoms with Crippen LogP contribution in [0.5, 0.6) is 5.75 Å². The normalized spacial score (nSPS) is 36.6. The Morgan fingerprint density at radius 1 is 0.407 bits per heavy atom. The molecular weight excluding hydrogens is 1110 g/mol. The minimum Gasteiger partial charge on any atom is -0.427 e. The summed E-state index contributed by atoms with van der Waals surface area (Å²) < 4.78 is 42.2. The summed E-state index contributed by atoms with van der Waals surface area (Å²) in [5.74, 6) is 12.2. The van der Waals surface area contributed by atoms with Crippen LogP contribution < -0.4 is 26.0 Å². The molecule has 16 aliphatic rings. The van der Waals surface area contributed by atoms with Crippen LogP contribution in [0.15, 0.2) is 107 Å². The number of hydrogen-bond donors (Lipinski definition) is 4. The second kappa shape index (κ2) is 25.6. The van der Waals surface area contributed by atoms with Crippen molar-refractivity contribution in [3.63, 3.8) is 0 Å². The highest BCUT2D eigenvalue weighted by Gasteiger charge is 2.54. The summed E-state index contributed by atoms with van der Waals surface area (Å²) in [6.07, 6.45) is 36.5. The van der Waals surface area contributed by atoms with Gasteiger partial charge in [0.05, 0.1) is 0 Å².